The summed E-state index contributed by atoms with van der Waals surface area (Å²) in [5, 5.41) is 1.25. The van der Waals surface area contributed by atoms with Crippen LogP contribution in [0.5, 0.6) is 0 Å². The first kappa shape index (κ1) is 17.2. The van der Waals surface area contributed by atoms with E-state index in [0.29, 0.717) is 0 Å². The van der Waals surface area contributed by atoms with Gasteiger partial charge < -0.3 is 5.32 Å². The van der Waals surface area contributed by atoms with Gasteiger partial charge in [-0.25, -0.2) is 4.39 Å². The maximum Gasteiger partial charge on any atom is 0.460 e. The summed E-state index contributed by atoms with van der Waals surface area (Å²) in [7, 11) is 0. The van der Waals surface area contributed by atoms with Gasteiger partial charge >= 0.3 is 18.0 Å². The Morgan fingerprint density at radius 2 is 1.43 bits per heavy atom. The summed E-state index contributed by atoms with van der Waals surface area (Å²) in [5.74, 6) is -15.9. The fourth-order valence-electron chi connectivity index (χ4n) is 1.22. The van der Waals surface area contributed by atoms with E-state index < -0.39 is 36.3 Å². The van der Waals surface area contributed by atoms with Crippen LogP contribution in [0.4, 0.5) is 35.1 Å². The van der Waals surface area contributed by atoms with E-state index in [2.05, 4.69) is 0 Å². The molecule has 0 atom stereocenters. The highest BCUT2D eigenvalue weighted by atomic mass is 19.4. The molecule has 1 aromatic rings. The van der Waals surface area contributed by atoms with E-state index in [1.165, 1.54) is 5.32 Å². The van der Waals surface area contributed by atoms with Crippen molar-refractivity contribution in [1.82, 2.24) is 5.32 Å². The molecule has 0 spiro atoms. The average molecular weight is 321 g/mol. The van der Waals surface area contributed by atoms with Crippen molar-refractivity contribution in [3.05, 3.63) is 35.6 Å². The van der Waals surface area contributed by atoms with Crippen LogP contribution in [0.15, 0.2) is 24.3 Å². The first-order valence-corrected chi connectivity index (χ1v) is 5.24. The van der Waals surface area contributed by atoms with Crippen LogP contribution in [0.2, 0.25) is 0 Å². The molecule has 21 heavy (non-hydrogen) atoms. The lowest BCUT2D eigenvalue weighted by Crippen LogP contribution is -2.59. The Morgan fingerprint density at radius 3 is 1.86 bits per heavy atom. The Kier molecular flexibility index (Phi) is 4.49. The molecule has 10 heteroatoms. The van der Waals surface area contributed by atoms with Gasteiger partial charge in [-0.15, -0.1) is 0 Å². The first-order valence-electron chi connectivity index (χ1n) is 5.24. The number of amides is 1. The van der Waals surface area contributed by atoms with Crippen LogP contribution in [0.3, 0.4) is 0 Å². The quantitative estimate of drug-likeness (QED) is 0.847. The van der Waals surface area contributed by atoms with Crippen molar-refractivity contribution in [2.75, 3.05) is 0 Å². The third-order valence-corrected chi connectivity index (χ3v) is 2.40. The van der Waals surface area contributed by atoms with E-state index in [0.717, 1.165) is 24.3 Å². The molecule has 0 unspecified atom stereocenters. The van der Waals surface area contributed by atoms with Gasteiger partial charge in [-0.2, -0.15) is 30.7 Å². The molecule has 0 radical (unpaired) electrons. The lowest BCUT2D eigenvalue weighted by atomic mass is 10.1. The Balaban J connectivity index is 2.80. The number of alkyl halides is 7. The molecule has 1 aromatic carbocycles. The molecule has 1 N–H and O–H groups in total. The molecule has 0 saturated heterocycles. The van der Waals surface area contributed by atoms with Crippen molar-refractivity contribution >= 4 is 5.91 Å². The highest BCUT2D eigenvalue weighted by molar-refractivity contribution is 5.84. The van der Waals surface area contributed by atoms with Crippen LogP contribution in [0.1, 0.15) is 5.56 Å². The van der Waals surface area contributed by atoms with Gasteiger partial charge in [0.15, 0.2) is 0 Å². The molecule has 0 bridgehead atoms. The van der Waals surface area contributed by atoms with E-state index in [-0.39, 0.29) is 5.56 Å². The third-order valence-electron chi connectivity index (χ3n) is 2.40. The largest absolute Gasteiger partial charge is 0.460 e. The summed E-state index contributed by atoms with van der Waals surface area (Å²) in [6, 6.07) is 3.86. The molecular formula is C11H7F8NO. The van der Waals surface area contributed by atoms with Crippen LogP contribution in [-0.2, 0) is 11.3 Å². The molecule has 1 amide bonds. The molecule has 0 heterocycles. The second-order valence-electron chi connectivity index (χ2n) is 3.96. The van der Waals surface area contributed by atoms with Gasteiger partial charge in [0, 0.05) is 6.54 Å². The van der Waals surface area contributed by atoms with Crippen molar-refractivity contribution in [3.8, 4) is 0 Å². The predicted octanol–water partition coefficient (Wildman–Crippen LogP) is 3.27. The van der Waals surface area contributed by atoms with Gasteiger partial charge in [0.25, 0.3) is 5.91 Å². The SMILES string of the molecule is O=C(NCc1ccc(F)cc1)C(F)(F)C(F)(F)C(F)(F)F. The minimum atomic E-state index is -6.58. The van der Waals surface area contributed by atoms with Gasteiger partial charge in [-0.05, 0) is 17.7 Å². The summed E-state index contributed by atoms with van der Waals surface area (Å²) in [5.41, 5.74) is 0.0378. The van der Waals surface area contributed by atoms with Crippen molar-refractivity contribution in [3.63, 3.8) is 0 Å². The number of carbonyl (C=O) groups excluding carboxylic acids is 1. The van der Waals surface area contributed by atoms with Crippen molar-refractivity contribution < 1.29 is 39.9 Å². The van der Waals surface area contributed by atoms with E-state index >= 15 is 0 Å². The molecule has 118 valence electrons. The van der Waals surface area contributed by atoms with Crippen molar-refractivity contribution in [2.45, 2.75) is 24.6 Å². The Hall–Kier alpha value is -1.87. The standard InChI is InChI=1S/C11H7F8NO/c12-7-3-1-6(2-4-7)5-20-8(21)9(13,14)10(15,16)11(17,18)19/h1-4H,5H2,(H,20,21). The van der Waals surface area contributed by atoms with E-state index in [1.807, 2.05) is 0 Å². The van der Waals surface area contributed by atoms with Crippen LogP contribution in [0.25, 0.3) is 0 Å². The summed E-state index contributed by atoms with van der Waals surface area (Å²) in [6.07, 6.45) is -6.58. The molecule has 2 nitrogen and oxygen atoms in total. The van der Waals surface area contributed by atoms with Gasteiger partial charge in [-0.1, -0.05) is 12.1 Å². The fraction of sp³-hybridized carbons (Fsp3) is 0.364. The predicted molar refractivity (Wildman–Crippen MR) is 54.2 cm³/mol. The van der Waals surface area contributed by atoms with E-state index in [9.17, 15) is 39.9 Å². The molecule has 0 aliphatic heterocycles. The monoisotopic (exact) mass is 321 g/mol. The minimum absolute atomic E-state index is 0.0378. The highest BCUT2D eigenvalue weighted by Gasteiger charge is 2.76. The number of hydrogen-bond donors (Lipinski definition) is 1. The van der Waals surface area contributed by atoms with E-state index in [4.69, 9.17) is 0 Å². The number of rotatable bonds is 4. The number of carbonyl (C=O) groups is 1. The lowest BCUT2D eigenvalue weighted by molar-refractivity contribution is -0.344. The van der Waals surface area contributed by atoms with Gasteiger partial charge in [-0.3, -0.25) is 4.79 Å². The average Bonchev–Trinajstić information content (AvgIpc) is 2.36. The second kappa shape index (κ2) is 5.49. The summed E-state index contributed by atoms with van der Waals surface area (Å²) in [4.78, 5) is 10.9. The molecule has 1 rings (SSSR count). The molecular weight excluding hydrogens is 314 g/mol. The molecule has 0 aliphatic carbocycles. The molecule has 0 saturated carbocycles. The van der Waals surface area contributed by atoms with Crippen LogP contribution < -0.4 is 5.32 Å². The fourth-order valence-corrected chi connectivity index (χ4v) is 1.22. The number of halogens is 8. The smallest absolute Gasteiger partial charge is 0.347 e. The minimum Gasteiger partial charge on any atom is -0.347 e. The van der Waals surface area contributed by atoms with Crippen molar-refractivity contribution in [2.24, 2.45) is 0 Å². The number of hydrogen-bond acceptors (Lipinski definition) is 1. The van der Waals surface area contributed by atoms with Gasteiger partial charge in [0.05, 0.1) is 0 Å². The van der Waals surface area contributed by atoms with Gasteiger partial charge in [0.1, 0.15) is 5.82 Å². The molecule has 0 aliphatic rings. The van der Waals surface area contributed by atoms with Crippen LogP contribution >= 0.6 is 0 Å². The Bertz CT molecular complexity index is 508. The summed E-state index contributed by atoms with van der Waals surface area (Å²) < 4.78 is 99.0. The molecule has 0 aromatic heterocycles. The van der Waals surface area contributed by atoms with Crippen molar-refractivity contribution in [1.29, 1.82) is 0 Å². The molecule has 0 fully saturated rings. The summed E-state index contributed by atoms with van der Waals surface area (Å²) in [6.45, 7) is -0.761. The Labute approximate surface area is 112 Å². The second-order valence-corrected chi connectivity index (χ2v) is 3.96. The normalized spacial score (nSPS) is 13.1. The van der Waals surface area contributed by atoms with E-state index in [1.54, 1.807) is 0 Å². The number of benzene rings is 1. The zero-order valence-corrected chi connectivity index (χ0v) is 9.95. The maximum absolute atomic E-state index is 12.9. The highest BCUT2D eigenvalue weighted by Crippen LogP contribution is 2.46. The third kappa shape index (κ3) is 3.42. The van der Waals surface area contributed by atoms with Crippen LogP contribution in [-0.4, -0.2) is 23.9 Å². The van der Waals surface area contributed by atoms with Gasteiger partial charge in [0.2, 0.25) is 0 Å². The zero-order valence-electron chi connectivity index (χ0n) is 9.95. The Morgan fingerprint density at radius 1 is 0.952 bits per heavy atom. The lowest BCUT2D eigenvalue weighted by Gasteiger charge is -2.27. The van der Waals surface area contributed by atoms with Crippen LogP contribution in [0, 0.1) is 5.82 Å². The summed E-state index contributed by atoms with van der Waals surface area (Å²) >= 11 is 0. The maximum atomic E-state index is 12.9. The first-order chi connectivity index (χ1) is 9.39. The number of nitrogens with one attached hydrogen (secondary N) is 1. The topological polar surface area (TPSA) is 29.1 Å². The zero-order chi connectivity index (χ0) is 16.5.